The Labute approximate surface area is 134 Å². The minimum Gasteiger partial charge on any atom is -0.207 e. The molecule has 0 N–H and O–H groups in total. The molecule has 0 aliphatic rings. The van der Waals surface area contributed by atoms with Crippen LogP contribution in [0.4, 0.5) is 4.39 Å². The van der Waals surface area contributed by atoms with E-state index >= 15 is 0 Å². The van der Waals surface area contributed by atoms with E-state index in [4.69, 9.17) is 0 Å². The summed E-state index contributed by atoms with van der Waals surface area (Å²) in [6.07, 6.45) is 5.58. The normalized spacial score (nSPS) is 11.0. The van der Waals surface area contributed by atoms with Crippen LogP contribution in [0, 0.1) is 26.6 Å². The van der Waals surface area contributed by atoms with Gasteiger partial charge >= 0.3 is 0 Å². The van der Waals surface area contributed by atoms with Crippen molar-refractivity contribution in [2.45, 2.75) is 59.8 Å². The molecule has 0 fully saturated rings. The molecule has 0 nitrogen and oxygen atoms in total. The summed E-state index contributed by atoms with van der Waals surface area (Å²) in [5, 5.41) is 0. The van der Waals surface area contributed by atoms with Gasteiger partial charge in [0.25, 0.3) is 0 Å². The molecule has 0 aromatic heterocycles. The average Bonchev–Trinajstić information content (AvgIpc) is 2.46. The molecule has 2 aromatic rings. The molecule has 2 aromatic carbocycles. The van der Waals surface area contributed by atoms with Crippen molar-refractivity contribution in [1.29, 1.82) is 0 Å². The van der Waals surface area contributed by atoms with E-state index in [1.807, 2.05) is 13.0 Å². The molecule has 0 heterocycles. The molecule has 0 aliphatic heterocycles. The maximum Gasteiger partial charge on any atom is 0.123 e. The minimum atomic E-state index is -0.139. The lowest BCUT2D eigenvalue weighted by molar-refractivity contribution is 0.625. The molecule has 0 saturated heterocycles. The highest BCUT2D eigenvalue weighted by atomic mass is 19.1. The van der Waals surface area contributed by atoms with Crippen LogP contribution in [0.25, 0.3) is 0 Å². The van der Waals surface area contributed by atoms with Gasteiger partial charge in [0, 0.05) is 0 Å². The van der Waals surface area contributed by atoms with E-state index in [2.05, 4.69) is 32.9 Å². The summed E-state index contributed by atoms with van der Waals surface area (Å²) >= 11 is 0. The zero-order chi connectivity index (χ0) is 16.1. The van der Waals surface area contributed by atoms with Crippen molar-refractivity contribution < 1.29 is 4.39 Å². The first kappa shape index (κ1) is 16.7. The average molecular weight is 298 g/mol. The first-order valence-electron chi connectivity index (χ1n) is 8.35. The number of halogens is 1. The van der Waals surface area contributed by atoms with Crippen molar-refractivity contribution in [2.24, 2.45) is 0 Å². The van der Waals surface area contributed by atoms with Crippen LogP contribution in [0.2, 0.25) is 0 Å². The number of benzene rings is 2. The van der Waals surface area contributed by atoms with E-state index < -0.39 is 0 Å². The lowest BCUT2D eigenvalue weighted by atomic mass is 9.94. The summed E-state index contributed by atoms with van der Waals surface area (Å²) in [6.45, 7) is 8.67. The maximum atomic E-state index is 13.1. The van der Waals surface area contributed by atoms with Crippen molar-refractivity contribution in [1.82, 2.24) is 0 Å². The second-order valence-corrected chi connectivity index (χ2v) is 6.37. The Hall–Kier alpha value is -1.63. The van der Waals surface area contributed by atoms with Gasteiger partial charge in [0.15, 0.2) is 0 Å². The third-order valence-electron chi connectivity index (χ3n) is 4.57. The number of hydrogen-bond acceptors (Lipinski definition) is 0. The molecule has 1 heteroatoms. The van der Waals surface area contributed by atoms with E-state index in [1.54, 1.807) is 12.1 Å². The summed E-state index contributed by atoms with van der Waals surface area (Å²) in [5.41, 5.74) is 8.10. The van der Waals surface area contributed by atoms with Crippen molar-refractivity contribution >= 4 is 0 Å². The van der Waals surface area contributed by atoms with Gasteiger partial charge in [-0.1, -0.05) is 31.5 Å². The number of aryl methyl sites for hydroxylation is 5. The highest BCUT2D eigenvalue weighted by Gasteiger charge is 2.05. The van der Waals surface area contributed by atoms with Crippen LogP contribution >= 0.6 is 0 Å². The third kappa shape index (κ3) is 4.19. The molecule has 0 spiro atoms. The van der Waals surface area contributed by atoms with Gasteiger partial charge in [0.1, 0.15) is 5.82 Å². The Morgan fingerprint density at radius 3 is 2.27 bits per heavy atom. The van der Waals surface area contributed by atoms with E-state index in [0.717, 1.165) is 31.2 Å². The highest BCUT2D eigenvalue weighted by molar-refractivity contribution is 5.38. The number of rotatable bonds is 6. The third-order valence-corrected chi connectivity index (χ3v) is 4.57. The molecular formula is C21H27F. The fourth-order valence-corrected chi connectivity index (χ4v) is 3.11. The Bertz CT molecular complexity index is 641. The molecular weight excluding hydrogens is 271 g/mol. The summed E-state index contributed by atoms with van der Waals surface area (Å²) in [6, 6.07) is 9.82. The van der Waals surface area contributed by atoms with Gasteiger partial charge in [-0.15, -0.1) is 0 Å². The Balaban J connectivity index is 2.02. The lowest BCUT2D eigenvalue weighted by Crippen LogP contribution is -1.98. The Kier molecular flexibility index (Phi) is 5.76. The van der Waals surface area contributed by atoms with Crippen LogP contribution in [-0.4, -0.2) is 0 Å². The van der Waals surface area contributed by atoms with Crippen molar-refractivity contribution in [3.63, 3.8) is 0 Å². The summed E-state index contributed by atoms with van der Waals surface area (Å²) in [5.74, 6) is -0.139. The van der Waals surface area contributed by atoms with Gasteiger partial charge in [0.05, 0.1) is 0 Å². The van der Waals surface area contributed by atoms with E-state index in [-0.39, 0.29) is 5.82 Å². The van der Waals surface area contributed by atoms with Crippen molar-refractivity contribution in [2.75, 3.05) is 0 Å². The molecule has 0 saturated carbocycles. The second-order valence-electron chi connectivity index (χ2n) is 6.37. The lowest BCUT2D eigenvalue weighted by Gasteiger charge is -2.12. The first-order chi connectivity index (χ1) is 10.5. The van der Waals surface area contributed by atoms with E-state index in [0.29, 0.717) is 0 Å². The standard InChI is InChI=1S/C21H27F/c1-5-7-20-14-18(12-15(2)17(20)4)8-6-9-19-10-11-21(22)13-16(19)3/h10-14H,5-9H2,1-4H3. The molecule has 0 bridgehead atoms. The largest absolute Gasteiger partial charge is 0.207 e. The molecule has 0 unspecified atom stereocenters. The minimum absolute atomic E-state index is 0.139. The van der Waals surface area contributed by atoms with E-state index in [1.165, 1.54) is 34.2 Å². The zero-order valence-corrected chi connectivity index (χ0v) is 14.3. The molecule has 118 valence electrons. The fourth-order valence-electron chi connectivity index (χ4n) is 3.11. The smallest absolute Gasteiger partial charge is 0.123 e. The Morgan fingerprint density at radius 1 is 0.818 bits per heavy atom. The van der Waals surface area contributed by atoms with Gasteiger partial charge in [-0.3, -0.25) is 0 Å². The van der Waals surface area contributed by atoms with Crippen LogP contribution in [0.1, 0.15) is 53.1 Å². The summed E-state index contributed by atoms with van der Waals surface area (Å²) < 4.78 is 13.1. The van der Waals surface area contributed by atoms with Crippen LogP contribution < -0.4 is 0 Å². The van der Waals surface area contributed by atoms with Crippen LogP contribution in [0.3, 0.4) is 0 Å². The molecule has 2 rings (SSSR count). The zero-order valence-electron chi connectivity index (χ0n) is 14.3. The van der Waals surface area contributed by atoms with Crippen molar-refractivity contribution in [3.8, 4) is 0 Å². The van der Waals surface area contributed by atoms with Crippen LogP contribution in [-0.2, 0) is 19.3 Å². The van der Waals surface area contributed by atoms with Gasteiger partial charge in [-0.05, 0) is 92.0 Å². The highest BCUT2D eigenvalue weighted by Crippen LogP contribution is 2.20. The molecule has 0 radical (unpaired) electrons. The first-order valence-corrected chi connectivity index (χ1v) is 8.35. The molecule has 22 heavy (non-hydrogen) atoms. The number of hydrogen-bond donors (Lipinski definition) is 0. The summed E-state index contributed by atoms with van der Waals surface area (Å²) in [7, 11) is 0. The molecule has 0 amide bonds. The van der Waals surface area contributed by atoms with Gasteiger partial charge in [-0.2, -0.15) is 0 Å². The fraction of sp³-hybridized carbons (Fsp3) is 0.429. The van der Waals surface area contributed by atoms with Crippen molar-refractivity contribution in [3.05, 3.63) is 69.5 Å². The van der Waals surface area contributed by atoms with Gasteiger partial charge in [0.2, 0.25) is 0 Å². The quantitative estimate of drug-likeness (QED) is 0.625. The second kappa shape index (κ2) is 7.58. The topological polar surface area (TPSA) is 0 Å². The Morgan fingerprint density at radius 2 is 1.59 bits per heavy atom. The predicted octanol–water partition coefficient (Wildman–Crippen LogP) is 5.88. The SMILES string of the molecule is CCCc1cc(CCCc2ccc(F)cc2C)cc(C)c1C. The predicted molar refractivity (Wildman–Crippen MR) is 93.1 cm³/mol. The van der Waals surface area contributed by atoms with Crippen LogP contribution in [0.15, 0.2) is 30.3 Å². The van der Waals surface area contributed by atoms with Crippen LogP contribution in [0.5, 0.6) is 0 Å². The van der Waals surface area contributed by atoms with E-state index in [9.17, 15) is 4.39 Å². The molecule has 0 aliphatic carbocycles. The monoisotopic (exact) mass is 298 g/mol. The molecule has 0 atom stereocenters. The maximum absolute atomic E-state index is 13.1. The van der Waals surface area contributed by atoms with Gasteiger partial charge < -0.3 is 0 Å². The van der Waals surface area contributed by atoms with Gasteiger partial charge in [-0.25, -0.2) is 4.39 Å². The summed E-state index contributed by atoms with van der Waals surface area (Å²) in [4.78, 5) is 0.